The van der Waals surface area contributed by atoms with Crippen molar-refractivity contribution in [3.63, 3.8) is 0 Å². The van der Waals surface area contributed by atoms with E-state index in [2.05, 4.69) is 9.97 Å². The van der Waals surface area contributed by atoms with Gasteiger partial charge in [0.15, 0.2) is 0 Å². The van der Waals surface area contributed by atoms with Gasteiger partial charge in [-0.1, -0.05) is 13.8 Å². The van der Waals surface area contributed by atoms with Crippen molar-refractivity contribution >= 4 is 21.8 Å². The van der Waals surface area contributed by atoms with Crippen molar-refractivity contribution in [1.82, 2.24) is 28.2 Å². The lowest BCUT2D eigenvalue weighted by Gasteiger charge is -2.27. The SMILES string of the molecule is CC.COC1CCC(Cn2c(=O)c3cnccc3n(C)c2=O)CC1.Cn1c(=O)n(CCC2CCOCC2)c(=O)c2cnccc21. The summed E-state index contributed by atoms with van der Waals surface area (Å²) in [5, 5.41) is 0.988. The zero-order valence-electron chi connectivity index (χ0n) is 27.1. The van der Waals surface area contributed by atoms with Gasteiger partial charge in [-0.25, -0.2) is 9.59 Å². The number of ether oxygens (including phenoxy) is 2. The first-order chi connectivity index (χ1) is 21.8. The minimum Gasteiger partial charge on any atom is -0.381 e. The molecule has 0 aromatic carbocycles. The number of aryl methyl sites for hydroxylation is 2. The normalized spacial score (nSPS) is 18.6. The van der Waals surface area contributed by atoms with Gasteiger partial charge in [0.05, 0.1) is 27.9 Å². The van der Waals surface area contributed by atoms with Gasteiger partial charge in [-0.05, 0) is 68.9 Å². The van der Waals surface area contributed by atoms with E-state index in [9.17, 15) is 19.2 Å². The molecule has 0 N–H and O–H groups in total. The first-order valence-corrected chi connectivity index (χ1v) is 16.0. The topological polar surface area (TPSA) is 132 Å². The maximum absolute atomic E-state index is 12.6. The van der Waals surface area contributed by atoms with E-state index in [1.165, 1.54) is 30.7 Å². The fourth-order valence-electron chi connectivity index (χ4n) is 6.23. The van der Waals surface area contributed by atoms with Gasteiger partial charge in [-0.15, -0.1) is 0 Å². The third kappa shape index (κ3) is 7.67. The quantitative estimate of drug-likeness (QED) is 0.320. The van der Waals surface area contributed by atoms with E-state index in [0.29, 0.717) is 52.8 Å². The first-order valence-electron chi connectivity index (χ1n) is 16.0. The Bertz CT molecular complexity index is 1810. The maximum atomic E-state index is 12.6. The van der Waals surface area contributed by atoms with Crippen LogP contribution in [-0.2, 0) is 36.7 Å². The van der Waals surface area contributed by atoms with Gasteiger partial charge < -0.3 is 9.47 Å². The molecule has 12 heteroatoms. The number of methoxy groups -OCH3 is 1. The summed E-state index contributed by atoms with van der Waals surface area (Å²) in [5.74, 6) is 0.880. The molecule has 45 heavy (non-hydrogen) atoms. The molecule has 0 unspecified atom stereocenters. The predicted octanol–water partition coefficient (Wildman–Crippen LogP) is 3.24. The Hall–Kier alpha value is -3.90. The van der Waals surface area contributed by atoms with Crippen LogP contribution in [0.5, 0.6) is 0 Å². The Morgan fingerprint density at radius 3 is 1.80 bits per heavy atom. The molecule has 2 aliphatic rings. The number of hydrogen-bond acceptors (Lipinski definition) is 8. The average Bonchev–Trinajstić information content (AvgIpc) is 3.10. The molecule has 1 saturated heterocycles. The lowest BCUT2D eigenvalue weighted by Crippen LogP contribution is -2.41. The molecule has 1 aliphatic carbocycles. The number of nitrogens with zero attached hydrogens (tertiary/aromatic N) is 6. The number of aromatic nitrogens is 6. The van der Waals surface area contributed by atoms with Crippen molar-refractivity contribution in [2.75, 3.05) is 20.3 Å². The molecule has 6 rings (SSSR count). The predicted molar refractivity (Wildman–Crippen MR) is 175 cm³/mol. The van der Waals surface area contributed by atoms with Crippen LogP contribution in [0.3, 0.4) is 0 Å². The Balaban J connectivity index is 0.000000194. The molecule has 0 spiro atoms. The summed E-state index contributed by atoms with van der Waals surface area (Å²) in [4.78, 5) is 57.9. The summed E-state index contributed by atoms with van der Waals surface area (Å²) in [6.45, 7) is 6.49. The van der Waals surface area contributed by atoms with Crippen LogP contribution in [0.2, 0.25) is 0 Å². The van der Waals surface area contributed by atoms with Gasteiger partial charge in [-0.3, -0.25) is 37.8 Å². The minimum absolute atomic E-state index is 0.236. The third-order valence-corrected chi connectivity index (χ3v) is 8.98. The van der Waals surface area contributed by atoms with Crippen molar-refractivity contribution in [2.45, 2.75) is 78.0 Å². The standard InChI is InChI=1S/C16H21N3O3.C15H19N3O3.C2H6/c1-18-14-7-8-17-9-13(14)15(20)19(16(18)21)10-11-3-5-12(22-2)6-4-11;1-17-13-2-6-16-10-12(13)14(19)18(15(17)20)7-3-11-4-8-21-9-5-11;1-2/h7-9,11-12H,3-6,10H2,1-2H3;2,6,10-11H,3-5,7-9H2,1H3;1-2H3. The van der Waals surface area contributed by atoms with Crippen molar-refractivity contribution in [3.8, 4) is 0 Å². The van der Waals surface area contributed by atoms with Crippen molar-refractivity contribution < 1.29 is 9.47 Å². The summed E-state index contributed by atoms with van der Waals surface area (Å²) >= 11 is 0. The highest BCUT2D eigenvalue weighted by Gasteiger charge is 2.23. The van der Waals surface area contributed by atoms with E-state index in [1.54, 1.807) is 45.7 Å². The van der Waals surface area contributed by atoms with Crippen LogP contribution >= 0.6 is 0 Å². The molecular weight excluding hydrogens is 576 g/mol. The largest absolute Gasteiger partial charge is 0.381 e. The molecule has 0 radical (unpaired) electrons. The second-order valence-electron chi connectivity index (χ2n) is 11.6. The van der Waals surface area contributed by atoms with Crippen molar-refractivity contribution in [1.29, 1.82) is 0 Å². The van der Waals surface area contributed by atoms with E-state index in [-0.39, 0.29) is 22.5 Å². The van der Waals surface area contributed by atoms with Crippen LogP contribution < -0.4 is 22.5 Å². The number of rotatable bonds is 6. The fourth-order valence-corrected chi connectivity index (χ4v) is 6.23. The molecule has 4 aromatic heterocycles. The van der Waals surface area contributed by atoms with Crippen LogP contribution in [0.1, 0.15) is 58.8 Å². The van der Waals surface area contributed by atoms with E-state index < -0.39 is 0 Å². The Morgan fingerprint density at radius 1 is 0.756 bits per heavy atom. The summed E-state index contributed by atoms with van der Waals surface area (Å²) in [6.07, 6.45) is 13.4. The summed E-state index contributed by atoms with van der Waals surface area (Å²) in [5.41, 5.74) is 0.267. The van der Waals surface area contributed by atoms with E-state index in [1.807, 2.05) is 13.8 Å². The summed E-state index contributed by atoms with van der Waals surface area (Å²) in [7, 11) is 5.12. The third-order valence-electron chi connectivity index (χ3n) is 8.98. The molecule has 4 aromatic rings. The molecule has 0 atom stereocenters. The van der Waals surface area contributed by atoms with Crippen LogP contribution in [-0.4, -0.2) is 54.7 Å². The lowest BCUT2D eigenvalue weighted by atomic mass is 9.87. The lowest BCUT2D eigenvalue weighted by molar-refractivity contribution is 0.0538. The second-order valence-corrected chi connectivity index (χ2v) is 11.6. The van der Waals surface area contributed by atoms with Gasteiger partial charge in [0.2, 0.25) is 0 Å². The fraction of sp³-hybridized carbons (Fsp3) is 0.576. The van der Waals surface area contributed by atoms with Crippen molar-refractivity contribution in [3.05, 3.63) is 78.6 Å². The number of fused-ring (bicyclic) bond motifs is 2. The summed E-state index contributed by atoms with van der Waals surface area (Å²) in [6, 6.07) is 3.40. The highest BCUT2D eigenvalue weighted by atomic mass is 16.5. The Labute approximate surface area is 262 Å². The van der Waals surface area contributed by atoms with Gasteiger partial charge in [0.25, 0.3) is 11.1 Å². The minimum atomic E-state index is -0.259. The van der Waals surface area contributed by atoms with Crippen LogP contribution in [0.4, 0.5) is 0 Å². The Morgan fingerprint density at radius 2 is 1.27 bits per heavy atom. The molecule has 0 amide bonds. The molecule has 12 nitrogen and oxygen atoms in total. The van der Waals surface area contributed by atoms with Gasteiger partial charge >= 0.3 is 11.4 Å². The van der Waals surface area contributed by atoms with E-state index in [0.717, 1.165) is 58.2 Å². The van der Waals surface area contributed by atoms with Crippen LogP contribution in [0.25, 0.3) is 21.8 Å². The molecular formula is C33H46N6O6. The first kappa shape index (κ1) is 34.0. The molecule has 1 saturated carbocycles. The summed E-state index contributed by atoms with van der Waals surface area (Å²) < 4.78 is 16.4. The van der Waals surface area contributed by atoms with E-state index in [4.69, 9.17) is 9.47 Å². The number of hydrogen-bond donors (Lipinski definition) is 0. The monoisotopic (exact) mass is 622 g/mol. The van der Waals surface area contributed by atoms with Gasteiger partial charge in [0.1, 0.15) is 0 Å². The number of pyridine rings is 2. The molecule has 244 valence electrons. The Kier molecular flexibility index (Phi) is 12.0. The van der Waals surface area contributed by atoms with Crippen molar-refractivity contribution in [2.24, 2.45) is 25.9 Å². The molecule has 0 bridgehead atoms. The smallest absolute Gasteiger partial charge is 0.331 e. The maximum Gasteiger partial charge on any atom is 0.331 e. The zero-order chi connectivity index (χ0) is 32.5. The molecule has 1 aliphatic heterocycles. The molecule has 5 heterocycles. The van der Waals surface area contributed by atoms with Gasteiger partial charge in [0, 0.05) is 72.3 Å². The van der Waals surface area contributed by atoms with E-state index >= 15 is 0 Å². The van der Waals surface area contributed by atoms with Gasteiger partial charge in [-0.2, -0.15) is 0 Å². The zero-order valence-corrected chi connectivity index (χ0v) is 27.1. The highest BCUT2D eigenvalue weighted by molar-refractivity contribution is 5.77. The van der Waals surface area contributed by atoms with Crippen LogP contribution in [0, 0.1) is 11.8 Å². The van der Waals surface area contributed by atoms with Crippen LogP contribution in [0.15, 0.2) is 56.1 Å². The molecule has 2 fully saturated rings. The average molecular weight is 623 g/mol. The second kappa shape index (κ2) is 15.9. The highest BCUT2D eigenvalue weighted by Crippen LogP contribution is 2.26.